The van der Waals surface area contributed by atoms with Gasteiger partial charge < -0.3 is 10.2 Å². The molecule has 0 saturated carbocycles. The summed E-state index contributed by atoms with van der Waals surface area (Å²) in [5.74, 6) is -0.622. The number of rotatable bonds is 7. The zero-order valence-electron chi connectivity index (χ0n) is 14.9. The van der Waals surface area contributed by atoms with E-state index in [0.717, 1.165) is 5.56 Å². The molecule has 2 amide bonds. The highest BCUT2D eigenvalue weighted by Gasteiger charge is 2.16. The molecule has 0 bridgehead atoms. The maximum absolute atomic E-state index is 13.5. The van der Waals surface area contributed by atoms with Gasteiger partial charge in [-0.05, 0) is 42.7 Å². The minimum atomic E-state index is -0.277. The van der Waals surface area contributed by atoms with Crippen LogP contribution in [0.2, 0.25) is 5.02 Å². The molecular weight excluding hydrogens is 355 g/mol. The predicted molar refractivity (Wildman–Crippen MR) is 102 cm³/mol. The van der Waals surface area contributed by atoms with Gasteiger partial charge >= 0.3 is 0 Å². The molecule has 0 aliphatic rings. The van der Waals surface area contributed by atoms with Crippen molar-refractivity contribution in [2.24, 2.45) is 0 Å². The number of anilines is 1. The Morgan fingerprint density at radius 2 is 1.92 bits per heavy atom. The summed E-state index contributed by atoms with van der Waals surface area (Å²) in [6, 6.07) is 11.8. The van der Waals surface area contributed by atoms with Gasteiger partial charge in [-0.25, -0.2) is 4.39 Å². The lowest BCUT2D eigenvalue weighted by atomic mass is 10.1. The molecule has 0 unspecified atom stereocenters. The van der Waals surface area contributed by atoms with Crippen LogP contribution in [0.1, 0.15) is 24.5 Å². The highest BCUT2D eigenvalue weighted by molar-refractivity contribution is 6.31. The molecule has 0 aliphatic heterocycles. The summed E-state index contributed by atoms with van der Waals surface area (Å²) in [6.45, 7) is 3.94. The first-order valence-electron chi connectivity index (χ1n) is 8.43. The molecule has 0 saturated heterocycles. The van der Waals surface area contributed by atoms with E-state index < -0.39 is 0 Å². The molecule has 0 aliphatic carbocycles. The van der Waals surface area contributed by atoms with E-state index in [9.17, 15) is 14.0 Å². The smallest absolute Gasteiger partial charge is 0.223 e. The SMILES string of the molecule is CC(=O)N(CCC(=O)NCCc1ccccc1F)c1cc(Cl)ccc1C. The molecule has 2 rings (SSSR count). The Kier molecular flexibility index (Phi) is 7.16. The molecule has 0 aromatic heterocycles. The molecule has 0 heterocycles. The standard InChI is InChI=1S/C20H22ClFN2O2/c1-14-7-8-17(21)13-19(14)24(15(2)25)12-10-20(26)23-11-9-16-5-3-4-6-18(16)22/h3-8,13H,9-12H2,1-2H3,(H,23,26). The van der Waals surface area contributed by atoms with Crippen molar-refractivity contribution >= 4 is 29.1 Å². The topological polar surface area (TPSA) is 49.4 Å². The third kappa shape index (κ3) is 5.56. The molecule has 138 valence electrons. The zero-order chi connectivity index (χ0) is 19.1. The van der Waals surface area contributed by atoms with Gasteiger partial charge in [0.25, 0.3) is 0 Å². The number of benzene rings is 2. The van der Waals surface area contributed by atoms with E-state index in [0.29, 0.717) is 29.2 Å². The zero-order valence-corrected chi connectivity index (χ0v) is 15.6. The summed E-state index contributed by atoms with van der Waals surface area (Å²) in [4.78, 5) is 25.6. The number of amides is 2. The molecule has 26 heavy (non-hydrogen) atoms. The maximum atomic E-state index is 13.5. The number of halogens is 2. The Morgan fingerprint density at radius 1 is 1.19 bits per heavy atom. The van der Waals surface area contributed by atoms with Gasteiger partial charge in [-0.1, -0.05) is 35.9 Å². The largest absolute Gasteiger partial charge is 0.356 e. The van der Waals surface area contributed by atoms with Gasteiger partial charge in [0.05, 0.1) is 0 Å². The highest BCUT2D eigenvalue weighted by Crippen LogP contribution is 2.24. The number of carbonyl (C=O) groups excluding carboxylic acids is 2. The van der Waals surface area contributed by atoms with Gasteiger partial charge in [0.15, 0.2) is 0 Å². The average Bonchev–Trinajstić information content (AvgIpc) is 2.59. The number of nitrogens with one attached hydrogen (secondary N) is 1. The molecule has 6 heteroatoms. The fourth-order valence-corrected chi connectivity index (χ4v) is 2.83. The van der Waals surface area contributed by atoms with Crippen LogP contribution in [0.5, 0.6) is 0 Å². The Hall–Kier alpha value is -2.40. The Bertz CT molecular complexity index is 795. The van der Waals surface area contributed by atoms with Crippen LogP contribution in [0.25, 0.3) is 0 Å². The minimum absolute atomic E-state index is 0.156. The van der Waals surface area contributed by atoms with Crippen molar-refractivity contribution in [3.63, 3.8) is 0 Å². The van der Waals surface area contributed by atoms with Crippen molar-refractivity contribution in [1.29, 1.82) is 0 Å². The normalized spacial score (nSPS) is 10.5. The van der Waals surface area contributed by atoms with Gasteiger partial charge in [0.1, 0.15) is 5.82 Å². The molecule has 4 nitrogen and oxygen atoms in total. The summed E-state index contributed by atoms with van der Waals surface area (Å²) < 4.78 is 13.5. The van der Waals surface area contributed by atoms with Crippen LogP contribution in [0.3, 0.4) is 0 Å². The van der Waals surface area contributed by atoms with Crippen LogP contribution in [-0.2, 0) is 16.0 Å². The van der Waals surface area contributed by atoms with E-state index in [2.05, 4.69) is 5.32 Å². The highest BCUT2D eigenvalue weighted by atomic mass is 35.5. The van der Waals surface area contributed by atoms with Crippen LogP contribution in [0.4, 0.5) is 10.1 Å². The van der Waals surface area contributed by atoms with Crippen molar-refractivity contribution in [3.05, 3.63) is 64.4 Å². The van der Waals surface area contributed by atoms with Gasteiger partial charge in [-0.3, -0.25) is 9.59 Å². The lowest BCUT2D eigenvalue weighted by Crippen LogP contribution is -2.34. The summed E-state index contributed by atoms with van der Waals surface area (Å²) in [5, 5.41) is 3.29. The van der Waals surface area contributed by atoms with E-state index in [1.54, 1.807) is 30.3 Å². The van der Waals surface area contributed by atoms with Crippen molar-refractivity contribution in [1.82, 2.24) is 5.32 Å². The second-order valence-electron chi connectivity index (χ2n) is 6.04. The minimum Gasteiger partial charge on any atom is -0.356 e. The summed E-state index contributed by atoms with van der Waals surface area (Å²) in [5.41, 5.74) is 2.17. The number of hydrogen-bond donors (Lipinski definition) is 1. The molecule has 1 N–H and O–H groups in total. The molecular formula is C20H22ClFN2O2. The molecule has 0 atom stereocenters. The average molecular weight is 377 g/mol. The molecule has 0 fully saturated rings. The Morgan fingerprint density at radius 3 is 2.62 bits per heavy atom. The van der Waals surface area contributed by atoms with E-state index in [1.807, 2.05) is 13.0 Å². The second kappa shape index (κ2) is 9.34. The van der Waals surface area contributed by atoms with Crippen LogP contribution >= 0.6 is 11.6 Å². The van der Waals surface area contributed by atoms with Crippen LogP contribution < -0.4 is 10.2 Å². The maximum Gasteiger partial charge on any atom is 0.223 e. The number of aryl methyl sites for hydroxylation is 1. The van der Waals surface area contributed by atoms with E-state index in [1.165, 1.54) is 17.9 Å². The first-order chi connectivity index (χ1) is 12.4. The fraction of sp³-hybridized carbons (Fsp3) is 0.300. The quantitative estimate of drug-likeness (QED) is 0.797. The van der Waals surface area contributed by atoms with E-state index >= 15 is 0 Å². The lowest BCUT2D eigenvalue weighted by Gasteiger charge is -2.23. The fourth-order valence-electron chi connectivity index (χ4n) is 2.66. The summed E-state index contributed by atoms with van der Waals surface area (Å²) >= 11 is 6.02. The molecule has 0 radical (unpaired) electrons. The van der Waals surface area contributed by atoms with Gasteiger partial charge in [-0.15, -0.1) is 0 Å². The van der Waals surface area contributed by atoms with E-state index in [4.69, 9.17) is 11.6 Å². The van der Waals surface area contributed by atoms with Gasteiger partial charge in [0, 0.05) is 37.1 Å². The van der Waals surface area contributed by atoms with Crippen LogP contribution in [-0.4, -0.2) is 24.9 Å². The number of nitrogens with zero attached hydrogens (tertiary/aromatic N) is 1. The van der Waals surface area contributed by atoms with Gasteiger partial charge in [0.2, 0.25) is 11.8 Å². The molecule has 2 aromatic carbocycles. The number of hydrogen-bond acceptors (Lipinski definition) is 2. The van der Waals surface area contributed by atoms with Crippen LogP contribution in [0, 0.1) is 12.7 Å². The third-order valence-electron chi connectivity index (χ3n) is 4.08. The summed E-state index contributed by atoms with van der Waals surface area (Å²) in [7, 11) is 0. The van der Waals surface area contributed by atoms with Crippen molar-refractivity contribution < 1.29 is 14.0 Å². The van der Waals surface area contributed by atoms with Crippen molar-refractivity contribution in [2.45, 2.75) is 26.7 Å². The first-order valence-corrected chi connectivity index (χ1v) is 8.80. The Labute approximate surface area is 158 Å². The molecule has 0 spiro atoms. The van der Waals surface area contributed by atoms with Crippen molar-refractivity contribution in [3.8, 4) is 0 Å². The third-order valence-corrected chi connectivity index (χ3v) is 4.31. The monoisotopic (exact) mass is 376 g/mol. The Balaban J connectivity index is 1.88. The second-order valence-corrected chi connectivity index (χ2v) is 6.48. The predicted octanol–water partition coefficient (Wildman–Crippen LogP) is 3.89. The molecule has 2 aromatic rings. The summed E-state index contributed by atoms with van der Waals surface area (Å²) in [6.07, 6.45) is 0.574. The number of carbonyl (C=O) groups is 2. The van der Waals surface area contributed by atoms with Gasteiger partial charge in [-0.2, -0.15) is 0 Å². The lowest BCUT2D eigenvalue weighted by molar-refractivity contribution is -0.121. The van der Waals surface area contributed by atoms with E-state index in [-0.39, 0.29) is 30.6 Å². The van der Waals surface area contributed by atoms with Crippen molar-refractivity contribution in [2.75, 3.05) is 18.0 Å². The first kappa shape index (κ1) is 19.9. The van der Waals surface area contributed by atoms with Crippen LogP contribution in [0.15, 0.2) is 42.5 Å².